The summed E-state index contributed by atoms with van der Waals surface area (Å²) >= 11 is 0. The number of hydrogen-bond donors (Lipinski definition) is 2. The maximum Gasteiger partial charge on any atom is 0.314 e. The van der Waals surface area contributed by atoms with E-state index >= 15 is 0 Å². The van der Waals surface area contributed by atoms with Crippen molar-refractivity contribution < 1.29 is 14.3 Å². The highest BCUT2D eigenvalue weighted by molar-refractivity contribution is 5.77. The minimum Gasteiger partial charge on any atom is -0.379 e. The topological polar surface area (TPSA) is 73.9 Å². The first-order valence-corrected chi connectivity index (χ1v) is 10.6. The lowest BCUT2D eigenvalue weighted by molar-refractivity contribution is -0.132. The number of urea groups is 1. The molecule has 2 N–H and O–H groups in total. The monoisotopic (exact) mass is 402 g/mol. The van der Waals surface area contributed by atoms with E-state index in [4.69, 9.17) is 4.74 Å². The van der Waals surface area contributed by atoms with Crippen LogP contribution in [-0.2, 0) is 22.5 Å². The number of morpholine rings is 1. The predicted octanol–water partition coefficient (Wildman–Crippen LogP) is 1.76. The molecule has 0 atom stereocenters. The van der Waals surface area contributed by atoms with Crippen LogP contribution < -0.4 is 10.6 Å². The maximum atomic E-state index is 12.5. The Hall–Kier alpha value is -2.12. The Morgan fingerprint density at radius 3 is 2.55 bits per heavy atom. The number of ether oxygens (including phenoxy) is 1. The van der Waals surface area contributed by atoms with E-state index in [1.54, 1.807) is 0 Å². The minimum absolute atomic E-state index is 0.109. The van der Waals surface area contributed by atoms with E-state index in [0.29, 0.717) is 32.5 Å². The number of nitrogens with one attached hydrogen (secondary N) is 2. The van der Waals surface area contributed by atoms with Gasteiger partial charge in [0.15, 0.2) is 0 Å². The van der Waals surface area contributed by atoms with Crippen LogP contribution in [0.25, 0.3) is 0 Å². The highest BCUT2D eigenvalue weighted by Crippen LogP contribution is 2.19. The first-order chi connectivity index (χ1) is 14.0. The third-order valence-corrected chi connectivity index (χ3v) is 5.89. The van der Waals surface area contributed by atoms with Crippen LogP contribution in [0.3, 0.4) is 0 Å². The van der Waals surface area contributed by atoms with Gasteiger partial charge in [-0.15, -0.1) is 0 Å². The molecule has 7 nitrogen and oxygen atoms in total. The molecule has 0 saturated carbocycles. The zero-order valence-corrected chi connectivity index (χ0v) is 17.7. The average molecular weight is 403 g/mol. The highest BCUT2D eigenvalue weighted by atomic mass is 16.5. The van der Waals surface area contributed by atoms with Gasteiger partial charge in [0.05, 0.1) is 13.2 Å². The van der Waals surface area contributed by atoms with Gasteiger partial charge in [-0.2, -0.15) is 0 Å². The van der Waals surface area contributed by atoms with Crippen LogP contribution in [0, 0.1) is 0 Å². The molecule has 0 bridgehead atoms. The fourth-order valence-electron chi connectivity index (χ4n) is 3.95. The summed E-state index contributed by atoms with van der Waals surface area (Å²) in [4.78, 5) is 28.8. The second kappa shape index (κ2) is 10.1. The Morgan fingerprint density at radius 1 is 1.07 bits per heavy atom. The molecule has 3 rings (SSSR count). The van der Waals surface area contributed by atoms with Gasteiger partial charge in [0, 0.05) is 51.2 Å². The minimum atomic E-state index is -0.175. The van der Waals surface area contributed by atoms with Gasteiger partial charge in [-0.25, -0.2) is 4.79 Å². The van der Waals surface area contributed by atoms with Gasteiger partial charge in [-0.05, 0) is 37.8 Å². The van der Waals surface area contributed by atoms with Crippen molar-refractivity contribution in [3.8, 4) is 0 Å². The lowest BCUT2D eigenvalue weighted by Crippen LogP contribution is -2.56. The SMILES string of the molecule is CC(C)(CNC(=O)NCCCC(=O)N1CCc2ccccc2C1)N1CCOCC1. The van der Waals surface area contributed by atoms with Gasteiger partial charge in [0.2, 0.25) is 5.91 Å². The van der Waals surface area contributed by atoms with Crippen LogP contribution >= 0.6 is 0 Å². The molecule has 1 aromatic rings. The summed E-state index contributed by atoms with van der Waals surface area (Å²) in [6, 6.07) is 8.13. The molecule has 1 aromatic carbocycles. The predicted molar refractivity (Wildman–Crippen MR) is 113 cm³/mol. The van der Waals surface area contributed by atoms with E-state index < -0.39 is 0 Å². The molecule has 0 radical (unpaired) electrons. The normalized spacial score (nSPS) is 17.5. The molecule has 3 amide bonds. The lowest BCUT2D eigenvalue weighted by Gasteiger charge is -2.40. The summed E-state index contributed by atoms with van der Waals surface area (Å²) in [5.74, 6) is 0.162. The van der Waals surface area contributed by atoms with Crippen molar-refractivity contribution >= 4 is 11.9 Å². The van der Waals surface area contributed by atoms with Crippen molar-refractivity contribution in [3.63, 3.8) is 0 Å². The molecule has 0 spiro atoms. The molecule has 1 fully saturated rings. The second-order valence-electron chi connectivity index (χ2n) is 8.46. The smallest absolute Gasteiger partial charge is 0.314 e. The van der Waals surface area contributed by atoms with E-state index in [1.165, 1.54) is 11.1 Å². The van der Waals surface area contributed by atoms with Crippen LogP contribution in [0.2, 0.25) is 0 Å². The largest absolute Gasteiger partial charge is 0.379 e. The van der Waals surface area contributed by atoms with Gasteiger partial charge < -0.3 is 20.3 Å². The molecule has 2 aliphatic heterocycles. The number of benzene rings is 1. The first-order valence-electron chi connectivity index (χ1n) is 10.6. The van der Waals surface area contributed by atoms with E-state index in [9.17, 15) is 9.59 Å². The summed E-state index contributed by atoms with van der Waals surface area (Å²) < 4.78 is 5.39. The molecule has 29 heavy (non-hydrogen) atoms. The van der Waals surface area contributed by atoms with E-state index in [-0.39, 0.29) is 17.5 Å². The van der Waals surface area contributed by atoms with Crippen LogP contribution in [0.5, 0.6) is 0 Å². The van der Waals surface area contributed by atoms with Crippen molar-refractivity contribution in [2.24, 2.45) is 0 Å². The zero-order chi connectivity index (χ0) is 20.7. The number of carbonyl (C=O) groups is 2. The molecular weight excluding hydrogens is 368 g/mol. The zero-order valence-electron chi connectivity index (χ0n) is 17.7. The van der Waals surface area contributed by atoms with Crippen LogP contribution in [0.1, 0.15) is 37.8 Å². The molecular formula is C22H34N4O3. The van der Waals surface area contributed by atoms with Crippen molar-refractivity contribution in [2.75, 3.05) is 45.9 Å². The van der Waals surface area contributed by atoms with Gasteiger partial charge in [-0.1, -0.05) is 24.3 Å². The number of fused-ring (bicyclic) bond motifs is 1. The molecule has 7 heteroatoms. The molecule has 160 valence electrons. The van der Waals surface area contributed by atoms with E-state index in [1.807, 2.05) is 11.0 Å². The highest BCUT2D eigenvalue weighted by Gasteiger charge is 2.28. The standard InChI is InChI=1S/C22H34N4O3/c1-22(2,26-12-14-29-15-13-26)17-24-21(28)23-10-5-8-20(27)25-11-9-18-6-3-4-7-19(18)16-25/h3-4,6-7H,5,8-17H2,1-2H3,(H2,23,24,28). The lowest BCUT2D eigenvalue weighted by atomic mass is 9.99. The summed E-state index contributed by atoms with van der Waals surface area (Å²) in [6.07, 6.45) is 2.03. The quantitative estimate of drug-likeness (QED) is 0.682. The van der Waals surface area contributed by atoms with Crippen LogP contribution in [0.15, 0.2) is 24.3 Å². The average Bonchev–Trinajstić information content (AvgIpc) is 2.75. The van der Waals surface area contributed by atoms with Gasteiger partial charge in [0.1, 0.15) is 0 Å². The molecule has 0 unspecified atom stereocenters. The molecule has 0 aliphatic carbocycles. The number of hydrogen-bond acceptors (Lipinski definition) is 4. The summed E-state index contributed by atoms with van der Waals surface area (Å²) in [5, 5.41) is 5.82. The number of nitrogens with zero attached hydrogens (tertiary/aromatic N) is 2. The molecule has 2 heterocycles. The molecule has 2 aliphatic rings. The molecule has 0 aromatic heterocycles. The van der Waals surface area contributed by atoms with Crippen LogP contribution in [-0.4, -0.2) is 73.2 Å². The van der Waals surface area contributed by atoms with E-state index in [2.05, 4.69) is 47.6 Å². The van der Waals surface area contributed by atoms with Gasteiger partial charge in [-0.3, -0.25) is 9.69 Å². The first kappa shape index (κ1) is 21.6. The van der Waals surface area contributed by atoms with E-state index in [0.717, 1.165) is 39.3 Å². The summed E-state index contributed by atoms with van der Waals surface area (Å²) in [6.45, 7) is 10.1. The van der Waals surface area contributed by atoms with Crippen molar-refractivity contribution in [1.29, 1.82) is 0 Å². The third kappa shape index (κ3) is 6.18. The van der Waals surface area contributed by atoms with Gasteiger partial charge >= 0.3 is 6.03 Å². The third-order valence-electron chi connectivity index (χ3n) is 5.89. The Bertz CT molecular complexity index is 701. The Morgan fingerprint density at radius 2 is 1.79 bits per heavy atom. The van der Waals surface area contributed by atoms with Gasteiger partial charge in [0.25, 0.3) is 0 Å². The fourth-order valence-corrected chi connectivity index (χ4v) is 3.95. The number of rotatable bonds is 7. The summed E-state index contributed by atoms with van der Waals surface area (Å²) in [7, 11) is 0. The Labute approximate surface area is 173 Å². The second-order valence-corrected chi connectivity index (χ2v) is 8.46. The Balaban J connectivity index is 1.31. The maximum absolute atomic E-state index is 12.5. The number of amides is 3. The van der Waals surface area contributed by atoms with Crippen molar-refractivity contribution in [2.45, 2.75) is 45.2 Å². The van der Waals surface area contributed by atoms with Crippen molar-refractivity contribution in [3.05, 3.63) is 35.4 Å². The molecule has 1 saturated heterocycles. The number of carbonyl (C=O) groups excluding carboxylic acids is 2. The van der Waals surface area contributed by atoms with Crippen LogP contribution in [0.4, 0.5) is 4.79 Å². The fraction of sp³-hybridized carbons (Fsp3) is 0.636. The summed E-state index contributed by atoms with van der Waals surface area (Å²) in [5.41, 5.74) is 2.48. The van der Waals surface area contributed by atoms with Crippen molar-refractivity contribution in [1.82, 2.24) is 20.4 Å². The Kier molecular flexibility index (Phi) is 7.50.